The zero-order chi connectivity index (χ0) is 18.3. The highest BCUT2D eigenvalue weighted by molar-refractivity contribution is 5.26. The second-order valence-electron chi connectivity index (χ2n) is 5.68. The van der Waals surface area contributed by atoms with Crippen molar-refractivity contribution >= 4 is 0 Å². The maximum Gasteiger partial charge on any atom is 0.142 e. The number of hydrogen-bond acceptors (Lipinski definition) is 1. The normalized spacial score (nSPS) is 14.0. The van der Waals surface area contributed by atoms with Crippen LogP contribution in [0.2, 0.25) is 0 Å². The van der Waals surface area contributed by atoms with E-state index in [1.54, 1.807) is 0 Å². The van der Waals surface area contributed by atoms with Gasteiger partial charge in [-0.3, -0.25) is 0 Å². The molecule has 4 rings (SSSR count). The first-order chi connectivity index (χ1) is 12.9. The van der Waals surface area contributed by atoms with Gasteiger partial charge in [0, 0.05) is 0 Å². The van der Waals surface area contributed by atoms with Crippen LogP contribution in [0.3, 0.4) is 0 Å². The van der Waals surface area contributed by atoms with Gasteiger partial charge in [0.05, 0.1) is 0 Å². The standard InChI is InChI=1S/C15H14O.2C5H6/c1-2-15(13-9-5-3-6-10-13)16-14-11-7-4-8-12-14;2*1-2-4-5-3-1/h2-12,15H,1H2;2*1-4H,5H2. The third kappa shape index (κ3) is 7.67. The molecule has 0 aliphatic heterocycles. The van der Waals surface area contributed by atoms with E-state index >= 15 is 0 Å². The third-order valence-corrected chi connectivity index (χ3v) is 3.66. The van der Waals surface area contributed by atoms with Crippen LogP contribution >= 0.6 is 0 Å². The minimum Gasteiger partial charge on any atom is -0.482 e. The minimum atomic E-state index is -0.0939. The summed E-state index contributed by atoms with van der Waals surface area (Å²) in [4.78, 5) is 0. The van der Waals surface area contributed by atoms with Crippen molar-refractivity contribution in [3.63, 3.8) is 0 Å². The first kappa shape index (κ1) is 19.3. The Hall–Kier alpha value is -3.06. The van der Waals surface area contributed by atoms with Crippen molar-refractivity contribution in [2.24, 2.45) is 0 Å². The second-order valence-corrected chi connectivity index (χ2v) is 5.68. The fourth-order valence-electron chi connectivity index (χ4n) is 2.33. The molecule has 0 bridgehead atoms. The molecule has 0 amide bonds. The number of allylic oxidation sites excluding steroid dienone is 8. The molecular formula is C25H26O. The lowest BCUT2D eigenvalue weighted by Crippen LogP contribution is -2.03. The molecule has 2 aromatic rings. The highest BCUT2D eigenvalue weighted by atomic mass is 16.5. The lowest BCUT2D eigenvalue weighted by Gasteiger charge is -2.15. The van der Waals surface area contributed by atoms with E-state index in [-0.39, 0.29) is 6.10 Å². The van der Waals surface area contributed by atoms with Crippen molar-refractivity contribution < 1.29 is 4.74 Å². The molecule has 0 aromatic heterocycles. The molecule has 1 heteroatoms. The van der Waals surface area contributed by atoms with Gasteiger partial charge in [-0.15, -0.1) is 0 Å². The molecule has 1 nitrogen and oxygen atoms in total. The fourth-order valence-corrected chi connectivity index (χ4v) is 2.33. The number of benzene rings is 2. The Morgan fingerprint density at radius 2 is 1.15 bits per heavy atom. The fraction of sp³-hybridized carbons (Fsp3) is 0.120. The Morgan fingerprint density at radius 1 is 0.692 bits per heavy atom. The van der Waals surface area contributed by atoms with Gasteiger partial charge in [-0.1, -0.05) is 104 Å². The SMILES string of the molecule is C1=CCC=C1.C1=CCC=C1.C=CC(Oc1ccccc1)c1ccccc1. The van der Waals surface area contributed by atoms with Crippen molar-refractivity contribution in [2.45, 2.75) is 18.9 Å². The van der Waals surface area contributed by atoms with E-state index in [0.717, 1.165) is 24.2 Å². The van der Waals surface area contributed by atoms with Gasteiger partial charge in [0.2, 0.25) is 0 Å². The van der Waals surface area contributed by atoms with E-state index in [9.17, 15) is 0 Å². The Morgan fingerprint density at radius 3 is 1.54 bits per heavy atom. The van der Waals surface area contributed by atoms with Gasteiger partial charge in [0.25, 0.3) is 0 Å². The van der Waals surface area contributed by atoms with Crippen LogP contribution in [-0.2, 0) is 0 Å². The summed E-state index contributed by atoms with van der Waals surface area (Å²) in [6.07, 6.45) is 20.7. The first-order valence-corrected chi connectivity index (χ1v) is 8.92. The van der Waals surface area contributed by atoms with Crippen LogP contribution in [0.25, 0.3) is 0 Å². The number of ether oxygens (including phenoxy) is 1. The smallest absolute Gasteiger partial charge is 0.142 e. The summed E-state index contributed by atoms with van der Waals surface area (Å²) in [7, 11) is 0. The zero-order valence-corrected chi connectivity index (χ0v) is 15.1. The number of para-hydroxylation sites is 1. The Labute approximate surface area is 157 Å². The largest absolute Gasteiger partial charge is 0.482 e. The van der Waals surface area contributed by atoms with Gasteiger partial charge >= 0.3 is 0 Å². The monoisotopic (exact) mass is 342 g/mol. The molecule has 0 heterocycles. The Bertz CT molecular complexity index is 694. The Balaban J connectivity index is 0.000000196. The molecule has 0 N–H and O–H groups in total. The van der Waals surface area contributed by atoms with Crippen LogP contribution in [0, 0.1) is 0 Å². The first-order valence-electron chi connectivity index (χ1n) is 8.92. The molecule has 2 aliphatic carbocycles. The third-order valence-electron chi connectivity index (χ3n) is 3.66. The summed E-state index contributed by atoms with van der Waals surface area (Å²) in [5.74, 6) is 0.858. The van der Waals surface area contributed by atoms with Gasteiger partial charge in [-0.25, -0.2) is 0 Å². The van der Waals surface area contributed by atoms with Crippen molar-refractivity contribution in [1.29, 1.82) is 0 Å². The maximum atomic E-state index is 5.83. The second kappa shape index (κ2) is 12.3. The summed E-state index contributed by atoms with van der Waals surface area (Å²) in [5, 5.41) is 0. The van der Waals surface area contributed by atoms with Crippen LogP contribution in [0.4, 0.5) is 0 Å². The van der Waals surface area contributed by atoms with Gasteiger partial charge in [-0.2, -0.15) is 0 Å². The van der Waals surface area contributed by atoms with E-state index in [1.807, 2.05) is 66.7 Å². The maximum absolute atomic E-state index is 5.83. The summed E-state index contributed by atoms with van der Waals surface area (Å²) in [6, 6.07) is 19.8. The van der Waals surface area contributed by atoms with Crippen molar-refractivity contribution in [3.05, 3.63) is 127 Å². The van der Waals surface area contributed by atoms with Gasteiger partial charge in [-0.05, 0) is 36.6 Å². The van der Waals surface area contributed by atoms with Gasteiger partial charge < -0.3 is 4.74 Å². The lowest BCUT2D eigenvalue weighted by atomic mass is 10.1. The lowest BCUT2D eigenvalue weighted by molar-refractivity contribution is 0.256. The minimum absolute atomic E-state index is 0.0939. The van der Waals surface area contributed by atoms with Gasteiger partial charge in [0.1, 0.15) is 11.9 Å². The van der Waals surface area contributed by atoms with Crippen molar-refractivity contribution in [3.8, 4) is 5.75 Å². The Kier molecular flexibility index (Phi) is 9.13. The summed E-state index contributed by atoms with van der Waals surface area (Å²) in [6.45, 7) is 3.81. The highest BCUT2D eigenvalue weighted by Gasteiger charge is 2.07. The highest BCUT2D eigenvalue weighted by Crippen LogP contribution is 2.22. The van der Waals surface area contributed by atoms with Crippen molar-refractivity contribution in [2.75, 3.05) is 0 Å². The average Bonchev–Trinajstić information content (AvgIpc) is 3.46. The number of rotatable bonds is 4. The average molecular weight is 342 g/mol. The predicted octanol–water partition coefficient (Wildman–Crippen LogP) is 7.00. The van der Waals surface area contributed by atoms with Crippen LogP contribution in [0.15, 0.2) is 122 Å². The molecule has 2 aliphatic rings. The quantitative estimate of drug-likeness (QED) is 0.544. The molecule has 0 radical (unpaired) electrons. The van der Waals surface area contributed by atoms with Crippen LogP contribution < -0.4 is 4.74 Å². The molecule has 0 spiro atoms. The molecular weight excluding hydrogens is 316 g/mol. The van der Waals surface area contributed by atoms with E-state index in [4.69, 9.17) is 4.74 Å². The number of hydrogen-bond donors (Lipinski definition) is 0. The molecule has 1 unspecified atom stereocenters. The van der Waals surface area contributed by atoms with E-state index in [0.29, 0.717) is 0 Å². The molecule has 0 fully saturated rings. The molecule has 2 aromatic carbocycles. The van der Waals surface area contributed by atoms with Crippen LogP contribution in [-0.4, -0.2) is 0 Å². The van der Waals surface area contributed by atoms with E-state index in [2.05, 4.69) is 55.2 Å². The molecule has 0 saturated heterocycles. The van der Waals surface area contributed by atoms with Crippen LogP contribution in [0.1, 0.15) is 24.5 Å². The van der Waals surface area contributed by atoms with E-state index in [1.165, 1.54) is 0 Å². The topological polar surface area (TPSA) is 9.23 Å². The predicted molar refractivity (Wildman–Crippen MR) is 112 cm³/mol. The van der Waals surface area contributed by atoms with E-state index < -0.39 is 0 Å². The summed E-state index contributed by atoms with van der Waals surface area (Å²) < 4.78 is 5.83. The van der Waals surface area contributed by atoms with Gasteiger partial charge in [0.15, 0.2) is 0 Å². The molecule has 132 valence electrons. The van der Waals surface area contributed by atoms with Crippen LogP contribution in [0.5, 0.6) is 5.75 Å². The molecule has 1 atom stereocenters. The summed E-state index contributed by atoms with van der Waals surface area (Å²) in [5.41, 5.74) is 1.11. The summed E-state index contributed by atoms with van der Waals surface area (Å²) >= 11 is 0. The van der Waals surface area contributed by atoms with Crippen molar-refractivity contribution in [1.82, 2.24) is 0 Å². The zero-order valence-electron chi connectivity index (χ0n) is 15.1. The molecule has 26 heavy (non-hydrogen) atoms. The molecule has 0 saturated carbocycles.